The van der Waals surface area contributed by atoms with Crippen molar-refractivity contribution in [1.82, 2.24) is 14.8 Å². The molecule has 3 aliphatic heterocycles. The molecular formula is C46H44ClFN4O6. The molecule has 6 atom stereocenters. The Morgan fingerprint density at radius 3 is 2.22 bits per heavy atom. The van der Waals surface area contributed by atoms with Crippen LogP contribution in [0.1, 0.15) is 48.3 Å². The Morgan fingerprint density at radius 1 is 0.828 bits per heavy atom. The lowest BCUT2D eigenvalue weighted by atomic mass is 9.49. The van der Waals surface area contributed by atoms with Gasteiger partial charge in [-0.1, -0.05) is 77.8 Å². The van der Waals surface area contributed by atoms with Crippen molar-refractivity contribution in [3.63, 3.8) is 0 Å². The molecule has 298 valence electrons. The summed E-state index contributed by atoms with van der Waals surface area (Å²) in [7, 11) is 0. The van der Waals surface area contributed by atoms with E-state index in [0.717, 1.165) is 35.8 Å². The van der Waals surface area contributed by atoms with Gasteiger partial charge in [0.2, 0.25) is 11.8 Å². The number of ether oxygens (including phenoxy) is 1. The number of likely N-dealkylation sites (tertiary alicyclic amines) is 2. The summed E-state index contributed by atoms with van der Waals surface area (Å²) in [6.45, 7) is 2.28. The van der Waals surface area contributed by atoms with Crippen LogP contribution < -0.4 is 10.2 Å². The molecule has 6 unspecified atom stereocenters. The number of halogens is 2. The molecule has 3 heterocycles. The Bertz CT molecular complexity index is 2250. The number of anilines is 1. The molecule has 2 N–H and O–H groups in total. The number of imide groups is 2. The van der Waals surface area contributed by atoms with Gasteiger partial charge in [-0.25, -0.2) is 4.39 Å². The summed E-state index contributed by atoms with van der Waals surface area (Å²) < 4.78 is 19.7. The van der Waals surface area contributed by atoms with Crippen molar-refractivity contribution in [2.45, 2.75) is 49.6 Å². The number of allylic oxidation sites excluding steroid dienone is 2. The summed E-state index contributed by atoms with van der Waals surface area (Å²) in [4.78, 5) is 63.4. The third kappa shape index (κ3) is 6.40. The number of carbonyl (C=O) groups is 4. The van der Waals surface area contributed by atoms with E-state index in [1.165, 1.54) is 29.8 Å². The average molecular weight is 803 g/mol. The quantitative estimate of drug-likeness (QED) is 0.138. The summed E-state index contributed by atoms with van der Waals surface area (Å²) in [5.41, 5.74) is 5.26. The predicted octanol–water partition coefficient (Wildman–Crippen LogP) is 6.50. The maximum Gasteiger partial charge on any atom is 0.260 e. The van der Waals surface area contributed by atoms with Crippen LogP contribution in [0.5, 0.6) is 5.75 Å². The fraction of sp³-hybridized carbons (Fsp3) is 0.348. The minimum Gasteiger partial charge on any atom is -0.491 e. The number of carbonyl (C=O) groups excluding carboxylic acids is 4. The highest BCUT2D eigenvalue weighted by Gasteiger charge is 2.70. The van der Waals surface area contributed by atoms with Crippen molar-refractivity contribution in [2.75, 3.05) is 31.7 Å². The van der Waals surface area contributed by atoms with Crippen LogP contribution in [0.15, 0.2) is 115 Å². The molecule has 0 aromatic heterocycles. The Balaban J connectivity index is 1.10. The zero-order valence-electron chi connectivity index (χ0n) is 31.8. The molecule has 3 saturated heterocycles. The van der Waals surface area contributed by atoms with E-state index in [0.29, 0.717) is 41.3 Å². The average Bonchev–Trinajstić information content (AvgIpc) is 3.62. The third-order valence-corrected chi connectivity index (χ3v) is 13.3. The number of amides is 4. The Morgan fingerprint density at radius 2 is 1.53 bits per heavy atom. The van der Waals surface area contributed by atoms with Gasteiger partial charge in [-0.15, -0.1) is 0 Å². The molecule has 10 nitrogen and oxygen atoms in total. The van der Waals surface area contributed by atoms with Crippen LogP contribution in [0.2, 0.25) is 5.02 Å². The van der Waals surface area contributed by atoms with Gasteiger partial charge < -0.3 is 9.84 Å². The van der Waals surface area contributed by atoms with E-state index in [-0.39, 0.29) is 37.5 Å². The van der Waals surface area contributed by atoms with Gasteiger partial charge in [0.25, 0.3) is 11.8 Å². The lowest BCUT2D eigenvalue weighted by molar-refractivity contribution is -0.144. The molecular weight excluding hydrogens is 759 g/mol. The molecule has 12 heteroatoms. The normalized spacial score (nSPS) is 27.3. The number of aliphatic hydroxyl groups excluding tert-OH is 1. The fourth-order valence-electron chi connectivity index (χ4n) is 10.5. The third-order valence-electron chi connectivity index (χ3n) is 13.0. The first-order valence-corrected chi connectivity index (χ1v) is 20.4. The van der Waals surface area contributed by atoms with E-state index in [1.807, 2.05) is 36.4 Å². The zero-order valence-corrected chi connectivity index (χ0v) is 32.6. The first-order chi connectivity index (χ1) is 28.2. The Hall–Kier alpha value is -5.36. The molecule has 1 saturated carbocycles. The number of hydrogen-bond donors (Lipinski definition) is 2. The van der Waals surface area contributed by atoms with Gasteiger partial charge >= 0.3 is 0 Å². The van der Waals surface area contributed by atoms with Crippen molar-refractivity contribution in [3.05, 3.63) is 142 Å². The van der Waals surface area contributed by atoms with Gasteiger partial charge in [-0.05, 0) is 96.8 Å². The highest BCUT2D eigenvalue weighted by Crippen LogP contribution is 2.64. The Kier molecular flexibility index (Phi) is 10.2. The van der Waals surface area contributed by atoms with Crippen LogP contribution in [0, 0.1) is 29.5 Å². The number of aliphatic hydroxyl groups is 1. The summed E-state index contributed by atoms with van der Waals surface area (Å²) in [5, 5.41) is 10.9. The monoisotopic (exact) mass is 802 g/mol. The fourth-order valence-corrected chi connectivity index (χ4v) is 10.6. The Labute approximate surface area is 341 Å². The van der Waals surface area contributed by atoms with E-state index in [1.54, 1.807) is 41.3 Å². The minimum atomic E-state index is -1.48. The van der Waals surface area contributed by atoms with Gasteiger partial charge in [-0.2, -0.15) is 5.01 Å². The highest BCUT2D eigenvalue weighted by molar-refractivity contribution is 6.30. The van der Waals surface area contributed by atoms with E-state index in [2.05, 4.69) is 22.5 Å². The SMILES string of the molecule is O=C1C2CC3C(=CCC4C(=O)N(C5CCN(Cc6ccccc6)CC5)C(=O)C43)C(c3ccc(OCCO)cc3)C2(c2ccc(Cl)cc2)C(=O)N1Nc1ccc(F)cc1. The van der Waals surface area contributed by atoms with E-state index in [9.17, 15) is 23.9 Å². The van der Waals surface area contributed by atoms with E-state index < -0.39 is 52.6 Å². The molecule has 4 aromatic carbocycles. The van der Waals surface area contributed by atoms with Crippen LogP contribution in [-0.2, 0) is 31.1 Å². The standard InChI is InChI=1S/C46H44ClFN4O6/c47-31-10-8-30(9-11-31)46-39(43(55)52(45(46)57)49-33-14-12-32(48)13-15-33)26-38-36(41(46)29-6-16-35(17-7-29)58-25-24-53)18-19-37-40(38)44(56)51(42(37)54)34-20-22-50(23-21-34)27-28-4-2-1-3-5-28/h1-18,34,37-41,49,53H,19-27H2. The molecule has 2 aliphatic carbocycles. The van der Waals surface area contributed by atoms with Gasteiger partial charge in [-0.3, -0.25) is 34.4 Å². The number of piperidine rings is 1. The summed E-state index contributed by atoms with van der Waals surface area (Å²) >= 11 is 6.42. The number of benzene rings is 4. The smallest absolute Gasteiger partial charge is 0.260 e. The number of hydrazine groups is 1. The molecule has 58 heavy (non-hydrogen) atoms. The number of fused-ring (bicyclic) bond motifs is 4. The molecule has 5 aliphatic rings. The van der Waals surface area contributed by atoms with Crippen LogP contribution in [-0.4, -0.2) is 75.9 Å². The minimum absolute atomic E-state index is 0.103. The predicted molar refractivity (Wildman–Crippen MR) is 215 cm³/mol. The molecule has 9 rings (SSSR count). The van der Waals surface area contributed by atoms with Gasteiger partial charge in [0.15, 0.2) is 0 Å². The van der Waals surface area contributed by atoms with Crippen LogP contribution in [0.3, 0.4) is 0 Å². The largest absolute Gasteiger partial charge is 0.491 e. The maximum absolute atomic E-state index is 15.4. The zero-order chi connectivity index (χ0) is 40.1. The lowest BCUT2D eigenvalue weighted by Crippen LogP contribution is -2.53. The molecule has 0 spiro atoms. The van der Waals surface area contributed by atoms with Crippen molar-refractivity contribution in [2.24, 2.45) is 23.7 Å². The molecule has 4 aromatic rings. The van der Waals surface area contributed by atoms with E-state index >= 15 is 4.79 Å². The van der Waals surface area contributed by atoms with Gasteiger partial charge in [0, 0.05) is 36.6 Å². The molecule has 4 fully saturated rings. The van der Waals surface area contributed by atoms with Gasteiger partial charge in [0.05, 0.1) is 35.5 Å². The van der Waals surface area contributed by atoms with Crippen LogP contribution >= 0.6 is 11.6 Å². The van der Waals surface area contributed by atoms with Crippen molar-refractivity contribution in [1.29, 1.82) is 0 Å². The van der Waals surface area contributed by atoms with Crippen LogP contribution in [0.25, 0.3) is 0 Å². The number of nitrogens with zero attached hydrogens (tertiary/aromatic N) is 3. The van der Waals surface area contributed by atoms with Crippen molar-refractivity contribution >= 4 is 40.9 Å². The second-order valence-electron chi connectivity index (χ2n) is 16.1. The number of hydrogen-bond acceptors (Lipinski definition) is 8. The second-order valence-corrected chi connectivity index (χ2v) is 16.5. The molecule has 0 radical (unpaired) electrons. The maximum atomic E-state index is 15.4. The van der Waals surface area contributed by atoms with E-state index in [4.69, 9.17) is 16.3 Å². The lowest BCUT2D eigenvalue weighted by Gasteiger charge is -2.50. The van der Waals surface area contributed by atoms with Crippen molar-refractivity contribution in [3.8, 4) is 5.75 Å². The summed E-state index contributed by atoms with van der Waals surface area (Å²) in [6, 6.07) is 29.8. The van der Waals surface area contributed by atoms with Crippen LogP contribution in [0.4, 0.5) is 10.1 Å². The summed E-state index contributed by atoms with van der Waals surface area (Å²) in [6.07, 6.45) is 3.91. The second kappa shape index (κ2) is 15.4. The molecule has 4 amide bonds. The first kappa shape index (κ1) is 38.2. The number of rotatable bonds is 10. The first-order valence-electron chi connectivity index (χ1n) is 20.0. The highest BCUT2D eigenvalue weighted by atomic mass is 35.5. The number of nitrogens with one attached hydrogen (secondary N) is 1. The van der Waals surface area contributed by atoms with Crippen molar-refractivity contribution < 1.29 is 33.4 Å². The molecule has 0 bridgehead atoms. The summed E-state index contributed by atoms with van der Waals surface area (Å²) in [5.74, 6) is -4.67. The van der Waals surface area contributed by atoms with Gasteiger partial charge in [0.1, 0.15) is 18.2 Å². The topological polar surface area (TPSA) is 119 Å².